The van der Waals surface area contributed by atoms with E-state index in [4.69, 9.17) is 0 Å². The van der Waals surface area contributed by atoms with E-state index >= 15 is 0 Å². The largest absolute Gasteiger partial charge is 0.468 e. The predicted molar refractivity (Wildman–Crippen MR) is 60.1 cm³/mol. The fourth-order valence-corrected chi connectivity index (χ4v) is 1.90. The van der Waals surface area contributed by atoms with Gasteiger partial charge in [-0.1, -0.05) is 0 Å². The number of nitrogens with zero attached hydrogens (tertiary/aromatic N) is 1. The summed E-state index contributed by atoms with van der Waals surface area (Å²) in [4.78, 5) is 14.9. The third-order valence-corrected chi connectivity index (χ3v) is 2.47. The minimum Gasteiger partial charge on any atom is -0.468 e. The zero-order chi connectivity index (χ0) is 10.6. The van der Waals surface area contributed by atoms with E-state index in [1.165, 1.54) is 7.11 Å². The molecule has 1 aromatic heterocycles. The van der Waals surface area contributed by atoms with Crippen LogP contribution in [0.15, 0.2) is 21.2 Å². The van der Waals surface area contributed by atoms with Gasteiger partial charge in [0.05, 0.1) is 11.6 Å². The first-order valence-electron chi connectivity index (χ1n) is 3.75. The summed E-state index contributed by atoms with van der Waals surface area (Å²) in [5, 5.41) is 2.84. The van der Waals surface area contributed by atoms with Gasteiger partial charge in [0.2, 0.25) is 0 Å². The SMILES string of the molecule is COC(=O)CNc1ncc(Br)cc1Br. The number of hydrogen-bond donors (Lipinski definition) is 1. The first-order chi connectivity index (χ1) is 6.63. The molecular formula is C8H8Br2N2O2. The highest BCUT2D eigenvalue weighted by Gasteiger charge is 2.04. The molecule has 0 aliphatic rings. The molecule has 0 radical (unpaired) electrons. The fourth-order valence-electron chi connectivity index (χ4n) is 0.773. The van der Waals surface area contributed by atoms with Crippen molar-refractivity contribution >= 4 is 43.6 Å². The molecule has 1 N–H and O–H groups in total. The van der Waals surface area contributed by atoms with E-state index < -0.39 is 0 Å². The van der Waals surface area contributed by atoms with Gasteiger partial charge in [0.25, 0.3) is 0 Å². The Balaban J connectivity index is 2.63. The number of pyridine rings is 1. The smallest absolute Gasteiger partial charge is 0.325 e. The van der Waals surface area contributed by atoms with Crippen molar-refractivity contribution in [1.29, 1.82) is 0 Å². The molecule has 76 valence electrons. The summed E-state index contributed by atoms with van der Waals surface area (Å²) >= 11 is 6.59. The molecule has 0 saturated carbocycles. The first kappa shape index (κ1) is 11.5. The number of esters is 1. The number of halogens is 2. The number of ether oxygens (including phenoxy) is 1. The molecule has 0 saturated heterocycles. The molecule has 0 bridgehead atoms. The molecule has 0 fully saturated rings. The molecule has 0 aliphatic heterocycles. The molecule has 0 amide bonds. The van der Waals surface area contributed by atoms with Crippen LogP contribution in [0.2, 0.25) is 0 Å². The average molecular weight is 324 g/mol. The summed E-state index contributed by atoms with van der Waals surface area (Å²) in [6, 6.07) is 1.84. The molecule has 1 rings (SSSR count). The van der Waals surface area contributed by atoms with Gasteiger partial charge in [-0.2, -0.15) is 0 Å². The molecule has 14 heavy (non-hydrogen) atoms. The molecule has 0 atom stereocenters. The molecule has 1 heterocycles. The number of anilines is 1. The number of rotatable bonds is 3. The van der Waals surface area contributed by atoms with Crippen LogP contribution in [-0.2, 0) is 9.53 Å². The van der Waals surface area contributed by atoms with Gasteiger partial charge >= 0.3 is 5.97 Å². The minimum atomic E-state index is -0.332. The second-order valence-corrected chi connectivity index (χ2v) is 4.18. The molecule has 1 aromatic rings. The van der Waals surface area contributed by atoms with Crippen molar-refractivity contribution in [2.24, 2.45) is 0 Å². The summed E-state index contributed by atoms with van der Waals surface area (Å²) in [7, 11) is 1.34. The van der Waals surface area contributed by atoms with Gasteiger partial charge in [0.15, 0.2) is 0 Å². The average Bonchev–Trinajstić information content (AvgIpc) is 2.16. The van der Waals surface area contributed by atoms with Crippen LogP contribution < -0.4 is 5.32 Å². The summed E-state index contributed by atoms with van der Waals surface area (Å²) in [6.07, 6.45) is 1.64. The molecule has 0 aliphatic carbocycles. The summed E-state index contributed by atoms with van der Waals surface area (Å²) in [6.45, 7) is 0.101. The van der Waals surface area contributed by atoms with Crippen molar-refractivity contribution in [3.8, 4) is 0 Å². The van der Waals surface area contributed by atoms with Crippen molar-refractivity contribution in [3.05, 3.63) is 21.2 Å². The van der Waals surface area contributed by atoms with Crippen LogP contribution in [0.5, 0.6) is 0 Å². The third kappa shape index (κ3) is 3.26. The van der Waals surface area contributed by atoms with E-state index in [1.54, 1.807) is 6.20 Å². The van der Waals surface area contributed by atoms with Gasteiger partial charge in [-0.3, -0.25) is 4.79 Å². The molecule has 0 unspecified atom stereocenters. The Morgan fingerprint density at radius 1 is 1.64 bits per heavy atom. The number of aromatic nitrogens is 1. The molecule has 4 nitrogen and oxygen atoms in total. The highest BCUT2D eigenvalue weighted by Crippen LogP contribution is 2.23. The lowest BCUT2D eigenvalue weighted by molar-refractivity contribution is -0.138. The van der Waals surface area contributed by atoms with Crippen molar-refractivity contribution in [1.82, 2.24) is 4.98 Å². The second kappa shape index (κ2) is 5.31. The van der Waals surface area contributed by atoms with Gasteiger partial charge in [-0.25, -0.2) is 4.98 Å². The Kier molecular flexibility index (Phi) is 4.34. The third-order valence-electron chi connectivity index (χ3n) is 1.44. The van der Waals surface area contributed by atoms with E-state index in [-0.39, 0.29) is 12.5 Å². The van der Waals surface area contributed by atoms with Gasteiger partial charge in [-0.15, -0.1) is 0 Å². The van der Waals surface area contributed by atoms with E-state index in [0.717, 1.165) is 8.95 Å². The van der Waals surface area contributed by atoms with E-state index in [0.29, 0.717) is 5.82 Å². The maximum atomic E-state index is 10.8. The highest BCUT2D eigenvalue weighted by molar-refractivity contribution is 9.11. The lowest BCUT2D eigenvalue weighted by Crippen LogP contribution is -2.15. The zero-order valence-corrected chi connectivity index (χ0v) is 10.6. The number of hydrogen-bond acceptors (Lipinski definition) is 4. The van der Waals surface area contributed by atoms with E-state index in [1.807, 2.05) is 6.07 Å². The molecule has 0 spiro atoms. The van der Waals surface area contributed by atoms with Gasteiger partial charge in [0.1, 0.15) is 12.4 Å². The summed E-state index contributed by atoms with van der Waals surface area (Å²) in [5.41, 5.74) is 0. The van der Waals surface area contributed by atoms with Crippen molar-refractivity contribution in [2.75, 3.05) is 19.0 Å². The first-order valence-corrected chi connectivity index (χ1v) is 5.34. The van der Waals surface area contributed by atoms with Crippen molar-refractivity contribution in [2.45, 2.75) is 0 Å². The van der Waals surface area contributed by atoms with Crippen LogP contribution in [0.4, 0.5) is 5.82 Å². The maximum Gasteiger partial charge on any atom is 0.325 e. The van der Waals surface area contributed by atoms with E-state index in [2.05, 4.69) is 46.9 Å². The Bertz CT molecular complexity index is 344. The highest BCUT2D eigenvalue weighted by atomic mass is 79.9. The molecule has 6 heteroatoms. The molecule has 0 aromatic carbocycles. The number of methoxy groups -OCH3 is 1. The molecular weight excluding hydrogens is 316 g/mol. The maximum absolute atomic E-state index is 10.8. The lowest BCUT2D eigenvalue weighted by atomic mass is 10.4. The lowest BCUT2D eigenvalue weighted by Gasteiger charge is -2.05. The second-order valence-electron chi connectivity index (χ2n) is 2.41. The summed E-state index contributed by atoms with van der Waals surface area (Å²) in [5.74, 6) is 0.278. The Morgan fingerprint density at radius 2 is 2.36 bits per heavy atom. The predicted octanol–water partition coefficient (Wildman–Crippen LogP) is 2.19. The monoisotopic (exact) mass is 322 g/mol. The van der Waals surface area contributed by atoms with E-state index in [9.17, 15) is 4.79 Å². The normalized spacial score (nSPS) is 9.64. The Labute approximate surface area is 98.3 Å². The van der Waals surface area contributed by atoms with Gasteiger partial charge in [-0.05, 0) is 37.9 Å². The Hall–Kier alpha value is -0.620. The van der Waals surface area contributed by atoms with Crippen molar-refractivity contribution in [3.63, 3.8) is 0 Å². The Morgan fingerprint density at radius 3 is 2.93 bits per heavy atom. The van der Waals surface area contributed by atoms with Crippen LogP contribution in [0.25, 0.3) is 0 Å². The van der Waals surface area contributed by atoms with Crippen LogP contribution in [0, 0.1) is 0 Å². The quantitative estimate of drug-likeness (QED) is 0.866. The van der Waals surface area contributed by atoms with Gasteiger partial charge in [0, 0.05) is 10.7 Å². The zero-order valence-electron chi connectivity index (χ0n) is 7.38. The van der Waals surface area contributed by atoms with Crippen LogP contribution >= 0.6 is 31.9 Å². The van der Waals surface area contributed by atoms with Crippen LogP contribution in [-0.4, -0.2) is 24.6 Å². The topological polar surface area (TPSA) is 51.2 Å². The fraction of sp³-hybridized carbons (Fsp3) is 0.250. The number of carbonyl (C=O) groups is 1. The van der Waals surface area contributed by atoms with Crippen molar-refractivity contribution < 1.29 is 9.53 Å². The standard InChI is InChI=1S/C8H8Br2N2O2/c1-14-7(13)4-12-8-6(10)2-5(9)3-11-8/h2-3H,4H2,1H3,(H,11,12). The number of carbonyl (C=O) groups excluding carboxylic acids is 1. The van der Waals surface area contributed by atoms with Crippen LogP contribution in [0.3, 0.4) is 0 Å². The van der Waals surface area contributed by atoms with Gasteiger partial charge < -0.3 is 10.1 Å². The minimum absolute atomic E-state index is 0.101. The summed E-state index contributed by atoms with van der Waals surface area (Å²) < 4.78 is 6.14. The van der Waals surface area contributed by atoms with Crippen LogP contribution in [0.1, 0.15) is 0 Å². The number of nitrogens with one attached hydrogen (secondary N) is 1.